The van der Waals surface area contributed by atoms with Gasteiger partial charge in [0.15, 0.2) is 5.54 Å². The van der Waals surface area contributed by atoms with Crippen molar-refractivity contribution in [3.63, 3.8) is 0 Å². The summed E-state index contributed by atoms with van der Waals surface area (Å²) in [4.78, 5) is 13.0. The van der Waals surface area contributed by atoms with E-state index in [1.807, 2.05) is 6.07 Å². The summed E-state index contributed by atoms with van der Waals surface area (Å²) in [5.74, 6) is 0.253. The van der Waals surface area contributed by atoms with Crippen LogP contribution in [0.3, 0.4) is 0 Å². The number of carbonyl (C=O) groups is 1. The molecule has 3 rings (SSSR count). The van der Waals surface area contributed by atoms with Crippen molar-refractivity contribution in [2.75, 3.05) is 25.0 Å². The molecule has 1 saturated carbocycles. The predicted molar refractivity (Wildman–Crippen MR) is 86.3 cm³/mol. The molecule has 0 bridgehead atoms. The van der Waals surface area contributed by atoms with Gasteiger partial charge in [0.05, 0.1) is 19.6 Å². The molecule has 117 valence electrons. The Morgan fingerprint density at radius 2 is 1.73 bits per heavy atom. The third kappa shape index (κ3) is 2.81. The van der Waals surface area contributed by atoms with Gasteiger partial charge in [-0.05, 0) is 31.9 Å². The number of aryl methyl sites for hydroxylation is 2. The fourth-order valence-corrected chi connectivity index (χ4v) is 4.26. The van der Waals surface area contributed by atoms with Gasteiger partial charge in [0.1, 0.15) is 0 Å². The summed E-state index contributed by atoms with van der Waals surface area (Å²) in [6, 6.07) is 6.19. The predicted octanol–water partition coefficient (Wildman–Crippen LogP) is 3.40. The zero-order chi connectivity index (χ0) is 15.1. The van der Waals surface area contributed by atoms with Gasteiger partial charge in [0.25, 0.3) is 5.91 Å². The number of amides is 1. The first-order chi connectivity index (χ1) is 10.0. The largest absolute Gasteiger partial charge is 0.320 e. The fraction of sp³-hybridized carbons (Fsp3) is 0.611. The number of likely N-dealkylation sites (N-methyl/N-ethyl adjacent to an activating group) is 1. The third-order valence-corrected chi connectivity index (χ3v) is 5.80. The molecular formula is C18H27N2OY+. The third-order valence-electron chi connectivity index (χ3n) is 5.80. The Bertz CT molecular complexity index is 540. The molecule has 0 unspecified atom stereocenters. The number of nitrogens with zero attached hydrogens (tertiary/aromatic N) is 1. The van der Waals surface area contributed by atoms with Gasteiger partial charge in [-0.1, -0.05) is 18.2 Å². The van der Waals surface area contributed by atoms with Gasteiger partial charge < -0.3 is 9.80 Å². The van der Waals surface area contributed by atoms with Crippen molar-refractivity contribution in [3.05, 3.63) is 29.3 Å². The van der Waals surface area contributed by atoms with Crippen LogP contribution in [-0.2, 0) is 37.5 Å². The molecule has 2 aliphatic rings. The monoisotopic (exact) mass is 376 g/mol. The minimum Gasteiger partial charge on any atom is -0.320 e. The summed E-state index contributed by atoms with van der Waals surface area (Å²) in [5, 5.41) is 3.26. The molecule has 1 heterocycles. The van der Waals surface area contributed by atoms with E-state index in [0.29, 0.717) is 0 Å². The smallest absolute Gasteiger partial charge is 0.285 e. The van der Waals surface area contributed by atoms with Gasteiger partial charge in [-0.15, -0.1) is 0 Å². The van der Waals surface area contributed by atoms with E-state index >= 15 is 0 Å². The molecule has 2 fully saturated rings. The van der Waals surface area contributed by atoms with E-state index in [1.165, 1.54) is 25.9 Å². The number of quaternary nitrogens is 1. The van der Waals surface area contributed by atoms with Crippen molar-refractivity contribution in [2.45, 2.75) is 52.0 Å². The van der Waals surface area contributed by atoms with Gasteiger partial charge >= 0.3 is 0 Å². The Hall–Kier alpha value is -0.246. The second kappa shape index (κ2) is 6.70. The molecule has 0 aromatic heterocycles. The van der Waals surface area contributed by atoms with Gasteiger partial charge in [0, 0.05) is 64.1 Å². The molecule has 0 atom stereocenters. The fourth-order valence-electron chi connectivity index (χ4n) is 4.26. The Balaban J connectivity index is 0.00000176. The second-order valence-corrected chi connectivity index (χ2v) is 6.87. The van der Waals surface area contributed by atoms with Crippen LogP contribution in [0.2, 0.25) is 0 Å². The van der Waals surface area contributed by atoms with Gasteiger partial charge in [0.2, 0.25) is 0 Å². The van der Waals surface area contributed by atoms with Crippen molar-refractivity contribution in [2.24, 2.45) is 0 Å². The van der Waals surface area contributed by atoms with Crippen LogP contribution in [-0.4, -0.2) is 35.6 Å². The Labute approximate surface area is 159 Å². The van der Waals surface area contributed by atoms with Gasteiger partial charge in [-0.2, -0.15) is 0 Å². The second-order valence-electron chi connectivity index (χ2n) is 6.87. The molecule has 1 saturated heterocycles. The zero-order valence-corrected chi connectivity index (χ0v) is 17.0. The normalized spacial score (nSPS) is 21.0. The number of carbonyl (C=O) groups excluding carboxylic acids is 1. The maximum atomic E-state index is 13.0. The number of nitrogens with one attached hydrogen (secondary N) is 1. The standard InChI is InChI=1S/C18H26N2O.Y/c1-4-20(12-5-6-13-20)18(10-11-18)17(21)19-16-14(2)8-7-9-15(16)3;/h7-9H,4-6,10-13H2,1-3H3;/p+1. The molecule has 0 spiro atoms. The first-order valence-electron chi connectivity index (χ1n) is 8.28. The number of rotatable bonds is 4. The summed E-state index contributed by atoms with van der Waals surface area (Å²) < 4.78 is 1.02. The summed E-state index contributed by atoms with van der Waals surface area (Å²) in [7, 11) is 0. The number of anilines is 1. The van der Waals surface area contributed by atoms with Crippen molar-refractivity contribution in [3.8, 4) is 0 Å². The molecule has 1 aliphatic heterocycles. The summed E-state index contributed by atoms with van der Waals surface area (Å²) in [5.41, 5.74) is 3.19. The SMILES string of the molecule is CC[N+]1(C2(C(=O)Nc3c(C)cccc3C)CC2)CCCC1.[Y]. The van der Waals surface area contributed by atoms with Crippen LogP contribution in [0.15, 0.2) is 18.2 Å². The summed E-state index contributed by atoms with van der Waals surface area (Å²) in [6.07, 6.45) is 4.65. The topological polar surface area (TPSA) is 29.1 Å². The van der Waals surface area contributed by atoms with Crippen molar-refractivity contribution < 1.29 is 42.0 Å². The number of para-hydroxylation sites is 1. The minimum absolute atomic E-state index is 0. The molecule has 3 nitrogen and oxygen atoms in total. The molecule has 1 radical (unpaired) electrons. The molecule has 1 N–H and O–H groups in total. The van der Waals surface area contributed by atoms with Crippen LogP contribution in [0, 0.1) is 13.8 Å². The van der Waals surface area contributed by atoms with Crippen LogP contribution < -0.4 is 5.32 Å². The molecule has 1 aliphatic carbocycles. The van der Waals surface area contributed by atoms with Gasteiger partial charge in [-0.25, -0.2) is 0 Å². The number of benzene rings is 1. The first kappa shape index (κ1) is 18.1. The molecule has 1 aromatic carbocycles. The Morgan fingerprint density at radius 1 is 1.18 bits per heavy atom. The maximum Gasteiger partial charge on any atom is 0.285 e. The summed E-state index contributed by atoms with van der Waals surface area (Å²) >= 11 is 0. The summed E-state index contributed by atoms with van der Waals surface area (Å²) in [6.45, 7) is 9.83. The Morgan fingerprint density at radius 3 is 2.18 bits per heavy atom. The van der Waals surface area contributed by atoms with E-state index in [2.05, 4.69) is 38.2 Å². The average Bonchev–Trinajstić information content (AvgIpc) is 3.15. The van der Waals surface area contributed by atoms with E-state index in [9.17, 15) is 4.79 Å². The molecule has 1 aromatic rings. The van der Waals surface area contributed by atoms with Crippen molar-refractivity contribution >= 4 is 11.6 Å². The zero-order valence-electron chi connectivity index (χ0n) is 14.1. The quantitative estimate of drug-likeness (QED) is 0.802. The van der Waals surface area contributed by atoms with Crippen LogP contribution >= 0.6 is 0 Å². The van der Waals surface area contributed by atoms with Crippen LogP contribution in [0.5, 0.6) is 0 Å². The van der Waals surface area contributed by atoms with Crippen LogP contribution in [0.25, 0.3) is 0 Å². The van der Waals surface area contributed by atoms with Crippen molar-refractivity contribution in [1.29, 1.82) is 0 Å². The maximum absolute atomic E-state index is 13.0. The van der Waals surface area contributed by atoms with E-state index in [0.717, 1.165) is 40.7 Å². The Kier molecular flexibility index (Phi) is 5.52. The van der Waals surface area contributed by atoms with Crippen LogP contribution in [0.1, 0.15) is 43.7 Å². The molecule has 4 heteroatoms. The van der Waals surface area contributed by atoms with E-state index in [-0.39, 0.29) is 44.2 Å². The minimum atomic E-state index is -0.139. The number of hydrogen-bond donors (Lipinski definition) is 1. The van der Waals surface area contributed by atoms with E-state index in [4.69, 9.17) is 0 Å². The first-order valence-corrected chi connectivity index (χ1v) is 8.28. The molecule has 22 heavy (non-hydrogen) atoms. The van der Waals surface area contributed by atoms with Gasteiger partial charge in [-0.3, -0.25) is 4.79 Å². The average molecular weight is 376 g/mol. The number of hydrogen-bond acceptors (Lipinski definition) is 1. The van der Waals surface area contributed by atoms with Crippen LogP contribution in [0.4, 0.5) is 5.69 Å². The van der Waals surface area contributed by atoms with E-state index < -0.39 is 0 Å². The number of likely N-dealkylation sites (tertiary alicyclic amines) is 1. The molecule has 1 amide bonds. The van der Waals surface area contributed by atoms with Crippen molar-refractivity contribution in [1.82, 2.24) is 0 Å². The molecular weight excluding hydrogens is 349 g/mol. The van der Waals surface area contributed by atoms with E-state index in [1.54, 1.807) is 0 Å².